The molecule has 2 heteroatoms. The molecule has 0 spiro atoms. The second kappa shape index (κ2) is 3.86. The molecule has 1 heterocycles. The van der Waals surface area contributed by atoms with Crippen LogP contribution < -0.4 is 4.74 Å². The fourth-order valence-corrected chi connectivity index (χ4v) is 3.94. The van der Waals surface area contributed by atoms with E-state index < -0.39 is 19.8 Å². The summed E-state index contributed by atoms with van der Waals surface area (Å²) in [4.78, 5) is 4.76. The maximum absolute atomic E-state index is 5.96. The van der Waals surface area contributed by atoms with Gasteiger partial charge in [-0.1, -0.05) is 0 Å². The molecule has 0 amide bonds. The van der Waals surface area contributed by atoms with Gasteiger partial charge in [-0.15, -0.1) is 0 Å². The van der Waals surface area contributed by atoms with Crippen LogP contribution in [0.15, 0.2) is 24.3 Å². The molecule has 0 saturated heterocycles. The van der Waals surface area contributed by atoms with Gasteiger partial charge in [-0.2, -0.15) is 0 Å². The number of rotatable bonds is 1. The van der Waals surface area contributed by atoms with Crippen LogP contribution in [0.3, 0.4) is 0 Å². The zero-order chi connectivity index (χ0) is 9.26. The SMILES string of the molecule is CI(C)C1CCc2ccccc2O1. The van der Waals surface area contributed by atoms with Crippen LogP contribution in [-0.4, -0.2) is 14.0 Å². The van der Waals surface area contributed by atoms with E-state index in [2.05, 4.69) is 34.1 Å². The number of hydrogen-bond acceptors (Lipinski definition) is 1. The molecule has 1 atom stereocenters. The van der Waals surface area contributed by atoms with Crippen LogP contribution in [0, 0.1) is 0 Å². The molecule has 1 aromatic carbocycles. The van der Waals surface area contributed by atoms with Gasteiger partial charge in [-0.3, -0.25) is 0 Å². The number of hydrogen-bond donors (Lipinski definition) is 0. The molecule has 2 rings (SSSR count). The standard InChI is InChI=1S/C11H15IO/c1-12(2)11-8-7-9-5-3-4-6-10(9)13-11/h3-6,11H,7-8H2,1-2H3. The van der Waals surface area contributed by atoms with Crippen molar-refractivity contribution < 1.29 is 4.74 Å². The normalized spacial score (nSPS) is 21.7. The summed E-state index contributed by atoms with van der Waals surface area (Å²) >= 11 is -0.793. The van der Waals surface area contributed by atoms with Crippen molar-refractivity contribution in [1.29, 1.82) is 0 Å². The molecular formula is C11H15IO. The molecule has 0 bridgehead atoms. The summed E-state index contributed by atoms with van der Waals surface area (Å²) in [6, 6.07) is 8.43. The topological polar surface area (TPSA) is 9.23 Å². The summed E-state index contributed by atoms with van der Waals surface area (Å²) in [6.07, 6.45) is 2.44. The number of alkyl halides is 3. The van der Waals surface area contributed by atoms with Gasteiger partial charge in [0.2, 0.25) is 0 Å². The van der Waals surface area contributed by atoms with E-state index in [4.69, 9.17) is 4.74 Å². The van der Waals surface area contributed by atoms with Crippen LogP contribution in [0.2, 0.25) is 0 Å². The summed E-state index contributed by atoms with van der Waals surface area (Å²) in [5.74, 6) is 1.13. The molecular weight excluding hydrogens is 275 g/mol. The summed E-state index contributed by atoms with van der Waals surface area (Å²) < 4.78 is 6.53. The molecule has 0 aromatic heterocycles. The van der Waals surface area contributed by atoms with E-state index >= 15 is 0 Å². The van der Waals surface area contributed by atoms with Crippen LogP contribution in [-0.2, 0) is 6.42 Å². The zero-order valence-electron chi connectivity index (χ0n) is 8.09. The first-order valence-electron chi connectivity index (χ1n) is 4.50. The van der Waals surface area contributed by atoms with Gasteiger partial charge in [0, 0.05) is 0 Å². The van der Waals surface area contributed by atoms with Crippen LogP contribution in [0.5, 0.6) is 5.75 Å². The van der Waals surface area contributed by atoms with Gasteiger partial charge in [0.25, 0.3) is 0 Å². The van der Waals surface area contributed by atoms with Gasteiger partial charge in [0.1, 0.15) is 0 Å². The molecule has 1 aliphatic rings. The third-order valence-electron chi connectivity index (χ3n) is 2.35. The first kappa shape index (κ1) is 9.31. The predicted molar refractivity (Wildman–Crippen MR) is 65.0 cm³/mol. The van der Waals surface area contributed by atoms with Crippen molar-refractivity contribution in [3.8, 4) is 5.75 Å². The molecule has 0 saturated carbocycles. The molecule has 1 nitrogen and oxygen atoms in total. The Labute approximate surface area is 86.9 Å². The average molecular weight is 290 g/mol. The Kier molecular flexibility index (Phi) is 2.77. The summed E-state index contributed by atoms with van der Waals surface area (Å²) in [5.41, 5.74) is 1.39. The monoisotopic (exact) mass is 290 g/mol. The third-order valence-corrected chi connectivity index (χ3v) is 6.01. The Morgan fingerprint density at radius 1 is 1.31 bits per heavy atom. The number of ether oxygens (including phenoxy) is 1. The van der Waals surface area contributed by atoms with Crippen LogP contribution in [0.1, 0.15) is 12.0 Å². The fourth-order valence-electron chi connectivity index (χ4n) is 1.60. The van der Waals surface area contributed by atoms with Crippen LogP contribution >= 0.6 is 19.8 Å². The van der Waals surface area contributed by atoms with Crippen molar-refractivity contribution >= 4 is 19.8 Å². The van der Waals surface area contributed by atoms with Gasteiger partial charge in [-0.05, 0) is 0 Å². The number of aryl methyl sites for hydroxylation is 1. The summed E-state index contributed by atoms with van der Waals surface area (Å²) in [6.45, 7) is 0. The first-order chi connectivity index (χ1) is 6.27. The van der Waals surface area contributed by atoms with Gasteiger partial charge in [0.05, 0.1) is 0 Å². The molecule has 0 N–H and O–H groups in total. The van der Waals surface area contributed by atoms with E-state index in [-0.39, 0.29) is 0 Å². The van der Waals surface area contributed by atoms with E-state index in [1.54, 1.807) is 0 Å². The second-order valence-electron chi connectivity index (χ2n) is 3.49. The van der Waals surface area contributed by atoms with Crippen molar-refractivity contribution in [3.63, 3.8) is 0 Å². The zero-order valence-corrected chi connectivity index (χ0v) is 10.2. The number of fused-ring (bicyclic) bond motifs is 1. The minimum atomic E-state index is -0.793. The van der Waals surface area contributed by atoms with E-state index in [0.29, 0.717) is 4.11 Å². The summed E-state index contributed by atoms with van der Waals surface area (Å²) in [7, 11) is 0. The third kappa shape index (κ3) is 1.98. The Hall–Kier alpha value is -0.250. The van der Waals surface area contributed by atoms with E-state index in [1.807, 2.05) is 0 Å². The summed E-state index contributed by atoms with van der Waals surface area (Å²) in [5, 5.41) is 0. The molecule has 0 aliphatic carbocycles. The van der Waals surface area contributed by atoms with Crippen molar-refractivity contribution in [2.75, 3.05) is 9.86 Å². The molecule has 72 valence electrons. The van der Waals surface area contributed by atoms with Gasteiger partial charge >= 0.3 is 86.9 Å². The molecule has 1 aliphatic heterocycles. The predicted octanol–water partition coefficient (Wildman–Crippen LogP) is 3.10. The number of halogens is 1. The van der Waals surface area contributed by atoms with Crippen molar-refractivity contribution in [2.24, 2.45) is 0 Å². The van der Waals surface area contributed by atoms with E-state index in [0.717, 1.165) is 5.75 Å². The Balaban J connectivity index is 2.20. The molecule has 0 fully saturated rings. The first-order valence-corrected chi connectivity index (χ1v) is 10.1. The van der Waals surface area contributed by atoms with Gasteiger partial charge < -0.3 is 0 Å². The number of benzene rings is 1. The van der Waals surface area contributed by atoms with E-state index in [9.17, 15) is 0 Å². The van der Waals surface area contributed by atoms with E-state index in [1.165, 1.54) is 18.4 Å². The fraction of sp³-hybridized carbons (Fsp3) is 0.455. The van der Waals surface area contributed by atoms with Gasteiger partial charge in [-0.25, -0.2) is 0 Å². The molecule has 0 radical (unpaired) electrons. The van der Waals surface area contributed by atoms with Crippen molar-refractivity contribution in [1.82, 2.24) is 0 Å². The quantitative estimate of drug-likeness (QED) is 0.570. The molecule has 13 heavy (non-hydrogen) atoms. The van der Waals surface area contributed by atoms with Crippen molar-refractivity contribution in [3.05, 3.63) is 29.8 Å². The Morgan fingerprint density at radius 3 is 2.85 bits per heavy atom. The molecule has 1 aromatic rings. The van der Waals surface area contributed by atoms with Crippen LogP contribution in [0.25, 0.3) is 0 Å². The van der Waals surface area contributed by atoms with Crippen LogP contribution in [0.4, 0.5) is 0 Å². The maximum atomic E-state index is 5.96. The van der Waals surface area contributed by atoms with Gasteiger partial charge in [0.15, 0.2) is 0 Å². The Bertz CT molecular complexity index is 296. The Morgan fingerprint density at radius 2 is 2.08 bits per heavy atom. The number of para-hydroxylation sites is 1. The van der Waals surface area contributed by atoms with Crippen molar-refractivity contribution in [2.45, 2.75) is 17.0 Å². The average Bonchev–Trinajstić information content (AvgIpc) is 2.17. The second-order valence-corrected chi connectivity index (χ2v) is 9.53. The minimum absolute atomic E-state index is 0.569. The molecule has 1 unspecified atom stereocenters.